The third-order valence-electron chi connectivity index (χ3n) is 1.97. The molecule has 2 N–H and O–H groups in total. The van der Waals surface area contributed by atoms with Gasteiger partial charge in [0.1, 0.15) is 5.82 Å². The lowest BCUT2D eigenvalue weighted by molar-refractivity contribution is 0.179. The van der Waals surface area contributed by atoms with E-state index in [1.54, 1.807) is 32.2 Å². The number of ether oxygens (including phenoxy) is 1. The largest absolute Gasteiger partial charge is 0.383 e. The maximum atomic E-state index is 13.4. The van der Waals surface area contributed by atoms with Gasteiger partial charge in [0, 0.05) is 12.7 Å². The second-order valence-corrected chi connectivity index (χ2v) is 3.04. The summed E-state index contributed by atoms with van der Waals surface area (Å²) in [6, 6.07) is 4.82. The first-order valence-electron chi connectivity index (χ1n) is 4.16. The minimum Gasteiger partial charge on any atom is -0.383 e. The van der Waals surface area contributed by atoms with Crippen LogP contribution in [0.2, 0.25) is 0 Å². The van der Waals surface area contributed by atoms with Crippen molar-refractivity contribution in [3.05, 3.63) is 35.1 Å². The first kappa shape index (κ1) is 10.2. The van der Waals surface area contributed by atoms with E-state index < -0.39 is 0 Å². The molecule has 0 saturated carbocycles. The van der Waals surface area contributed by atoms with Crippen molar-refractivity contribution in [3.63, 3.8) is 0 Å². The summed E-state index contributed by atoms with van der Waals surface area (Å²) >= 11 is 0. The Balaban J connectivity index is 2.93. The summed E-state index contributed by atoms with van der Waals surface area (Å²) in [5, 5.41) is 0. The van der Waals surface area contributed by atoms with Gasteiger partial charge in [-0.25, -0.2) is 4.39 Å². The number of aryl methyl sites for hydroxylation is 1. The number of hydrogen-bond donors (Lipinski definition) is 1. The molecule has 0 aliphatic rings. The molecule has 72 valence electrons. The van der Waals surface area contributed by atoms with Crippen molar-refractivity contribution in [1.82, 2.24) is 0 Å². The number of hydrogen-bond acceptors (Lipinski definition) is 2. The van der Waals surface area contributed by atoms with Crippen molar-refractivity contribution in [2.45, 2.75) is 13.0 Å². The van der Waals surface area contributed by atoms with Crippen molar-refractivity contribution in [3.8, 4) is 0 Å². The van der Waals surface area contributed by atoms with Crippen LogP contribution in [0.4, 0.5) is 4.39 Å². The van der Waals surface area contributed by atoms with Crippen LogP contribution in [0.25, 0.3) is 0 Å². The third-order valence-corrected chi connectivity index (χ3v) is 1.97. The van der Waals surface area contributed by atoms with Gasteiger partial charge in [-0.2, -0.15) is 0 Å². The van der Waals surface area contributed by atoms with E-state index >= 15 is 0 Å². The summed E-state index contributed by atoms with van der Waals surface area (Å²) in [7, 11) is 1.55. The number of nitrogens with two attached hydrogens (primary N) is 1. The molecule has 0 radical (unpaired) electrons. The van der Waals surface area contributed by atoms with Crippen molar-refractivity contribution in [2.24, 2.45) is 5.73 Å². The SMILES string of the molecule is COC[C@@H](N)c1cccc(C)c1F. The van der Waals surface area contributed by atoms with E-state index in [-0.39, 0.29) is 11.9 Å². The minimum atomic E-state index is -0.384. The highest BCUT2D eigenvalue weighted by molar-refractivity contribution is 5.27. The van der Waals surface area contributed by atoms with E-state index in [0.29, 0.717) is 17.7 Å². The highest BCUT2D eigenvalue weighted by Gasteiger charge is 2.11. The van der Waals surface area contributed by atoms with Crippen LogP contribution >= 0.6 is 0 Å². The van der Waals surface area contributed by atoms with Gasteiger partial charge < -0.3 is 10.5 Å². The molecule has 1 rings (SSSR count). The fourth-order valence-corrected chi connectivity index (χ4v) is 1.23. The monoisotopic (exact) mass is 183 g/mol. The Hall–Kier alpha value is -0.930. The summed E-state index contributed by atoms with van der Waals surface area (Å²) < 4.78 is 18.3. The van der Waals surface area contributed by atoms with E-state index in [2.05, 4.69) is 0 Å². The zero-order valence-electron chi connectivity index (χ0n) is 7.88. The van der Waals surface area contributed by atoms with Crippen LogP contribution < -0.4 is 5.73 Å². The highest BCUT2D eigenvalue weighted by Crippen LogP contribution is 2.17. The van der Waals surface area contributed by atoms with Gasteiger partial charge in [-0.15, -0.1) is 0 Å². The van der Waals surface area contributed by atoms with Crippen LogP contribution in [0, 0.1) is 12.7 Å². The number of methoxy groups -OCH3 is 1. The predicted molar refractivity (Wildman–Crippen MR) is 49.9 cm³/mol. The van der Waals surface area contributed by atoms with Gasteiger partial charge in [0.15, 0.2) is 0 Å². The zero-order chi connectivity index (χ0) is 9.84. The highest BCUT2D eigenvalue weighted by atomic mass is 19.1. The average Bonchev–Trinajstić information content (AvgIpc) is 2.10. The fourth-order valence-electron chi connectivity index (χ4n) is 1.23. The molecule has 0 aliphatic carbocycles. The Labute approximate surface area is 77.5 Å². The van der Waals surface area contributed by atoms with Crippen molar-refractivity contribution < 1.29 is 9.13 Å². The van der Waals surface area contributed by atoms with Gasteiger partial charge in [0.05, 0.1) is 12.6 Å². The molecule has 13 heavy (non-hydrogen) atoms. The van der Waals surface area contributed by atoms with Crippen LogP contribution in [-0.4, -0.2) is 13.7 Å². The molecule has 0 aromatic heterocycles. The molecule has 0 unspecified atom stereocenters. The lowest BCUT2D eigenvalue weighted by atomic mass is 10.0. The summed E-state index contributed by atoms with van der Waals surface area (Å²) in [6.07, 6.45) is 0. The smallest absolute Gasteiger partial charge is 0.130 e. The maximum absolute atomic E-state index is 13.4. The molecule has 0 amide bonds. The molecular formula is C10H14FNO. The van der Waals surface area contributed by atoms with Gasteiger partial charge in [0.2, 0.25) is 0 Å². The molecule has 0 heterocycles. The van der Waals surface area contributed by atoms with Crippen molar-refractivity contribution >= 4 is 0 Å². The number of rotatable bonds is 3. The zero-order valence-corrected chi connectivity index (χ0v) is 7.88. The molecule has 0 fully saturated rings. The first-order valence-corrected chi connectivity index (χ1v) is 4.16. The summed E-state index contributed by atoms with van der Waals surface area (Å²) in [4.78, 5) is 0. The molecule has 1 aromatic carbocycles. The standard InChI is InChI=1S/C10H14FNO/c1-7-4-3-5-8(10(7)11)9(12)6-13-2/h3-5,9H,6,12H2,1-2H3/t9-/m1/s1. The Morgan fingerprint density at radius 3 is 2.85 bits per heavy atom. The predicted octanol–water partition coefficient (Wildman–Crippen LogP) is 1.78. The molecule has 0 bridgehead atoms. The van der Waals surface area contributed by atoms with E-state index in [9.17, 15) is 4.39 Å². The Bertz CT molecular complexity index is 288. The Morgan fingerprint density at radius 1 is 1.54 bits per heavy atom. The third kappa shape index (κ3) is 2.26. The molecule has 0 aliphatic heterocycles. The van der Waals surface area contributed by atoms with E-state index in [4.69, 9.17) is 10.5 Å². The van der Waals surface area contributed by atoms with E-state index in [1.165, 1.54) is 0 Å². The van der Waals surface area contributed by atoms with Gasteiger partial charge >= 0.3 is 0 Å². The molecule has 3 heteroatoms. The lowest BCUT2D eigenvalue weighted by Crippen LogP contribution is -2.17. The quantitative estimate of drug-likeness (QED) is 0.775. The van der Waals surface area contributed by atoms with Crippen molar-refractivity contribution in [1.29, 1.82) is 0 Å². The first-order chi connectivity index (χ1) is 6.16. The molecular weight excluding hydrogens is 169 g/mol. The summed E-state index contributed by atoms with van der Waals surface area (Å²) in [5.74, 6) is -0.230. The normalized spacial score (nSPS) is 12.9. The number of benzene rings is 1. The van der Waals surface area contributed by atoms with Crippen LogP contribution in [-0.2, 0) is 4.74 Å². The molecule has 0 saturated heterocycles. The van der Waals surface area contributed by atoms with Gasteiger partial charge in [0.25, 0.3) is 0 Å². The van der Waals surface area contributed by atoms with E-state index in [1.807, 2.05) is 0 Å². The van der Waals surface area contributed by atoms with Gasteiger partial charge in [-0.05, 0) is 12.5 Å². The maximum Gasteiger partial charge on any atom is 0.130 e. The Kier molecular flexibility index (Phi) is 3.39. The van der Waals surface area contributed by atoms with Gasteiger partial charge in [-0.3, -0.25) is 0 Å². The van der Waals surface area contributed by atoms with Gasteiger partial charge in [-0.1, -0.05) is 18.2 Å². The average molecular weight is 183 g/mol. The molecule has 0 spiro atoms. The molecule has 1 atom stereocenters. The van der Waals surface area contributed by atoms with E-state index in [0.717, 1.165) is 0 Å². The number of halogens is 1. The second-order valence-electron chi connectivity index (χ2n) is 3.04. The minimum absolute atomic E-state index is 0.230. The second kappa shape index (κ2) is 4.35. The van der Waals surface area contributed by atoms with Crippen LogP contribution in [0.15, 0.2) is 18.2 Å². The molecule has 2 nitrogen and oxygen atoms in total. The Morgan fingerprint density at radius 2 is 2.23 bits per heavy atom. The lowest BCUT2D eigenvalue weighted by Gasteiger charge is -2.12. The van der Waals surface area contributed by atoms with Crippen LogP contribution in [0.5, 0.6) is 0 Å². The topological polar surface area (TPSA) is 35.2 Å². The molecule has 1 aromatic rings. The summed E-state index contributed by atoms with van der Waals surface area (Å²) in [6.45, 7) is 2.05. The van der Waals surface area contributed by atoms with Crippen molar-refractivity contribution in [2.75, 3.05) is 13.7 Å². The van der Waals surface area contributed by atoms with Crippen LogP contribution in [0.1, 0.15) is 17.2 Å². The fraction of sp³-hybridized carbons (Fsp3) is 0.400. The van der Waals surface area contributed by atoms with Crippen LogP contribution in [0.3, 0.4) is 0 Å². The summed E-state index contributed by atoms with van der Waals surface area (Å²) in [5.41, 5.74) is 6.84.